The van der Waals surface area contributed by atoms with Crippen molar-refractivity contribution in [1.82, 2.24) is 0 Å². The minimum Gasteiger partial charge on any atom is -0.318 e. The van der Waals surface area contributed by atoms with Crippen molar-refractivity contribution >= 4 is 39.1 Å². The van der Waals surface area contributed by atoms with E-state index in [4.69, 9.17) is 0 Å². The molecule has 0 radical (unpaired) electrons. The van der Waals surface area contributed by atoms with E-state index >= 15 is 0 Å². The van der Waals surface area contributed by atoms with Crippen molar-refractivity contribution < 1.29 is 9.59 Å². The van der Waals surface area contributed by atoms with Gasteiger partial charge in [0.15, 0.2) is 0 Å². The van der Waals surface area contributed by atoms with Crippen LogP contribution in [0.15, 0.2) is 53.0 Å². The van der Waals surface area contributed by atoms with Gasteiger partial charge in [0, 0.05) is 22.4 Å². The molecular formula is C17H17BrN2O2. The molecule has 5 heteroatoms. The predicted molar refractivity (Wildman–Crippen MR) is 92.0 cm³/mol. The third kappa shape index (κ3) is 3.95. The number of hydrogen-bond acceptors (Lipinski definition) is 2. The second-order valence-electron chi connectivity index (χ2n) is 4.85. The number of halogens is 1. The van der Waals surface area contributed by atoms with Gasteiger partial charge in [0.25, 0.3) is 0 Å². The van der Waals surface area contributed by atoms with Crippen molar-refractivity contribution in [2.24, 2.45) is 0 Å². The number of hydrogen-bond donors (Lipinski definition) is 1. The average Bonchev–Trinajstić information content (AvgIpc) is 2.50. The smallest absolute Gasteiger partial charge is 0.316 e. The van der Waals surface area contributed by atoms with E-state index in [9.17, 15) is 9.59 Å². The van der Waals surface area contributed by atoms with E-state index in [-0.39, 0.29) is 0 Å². The van der Waals surface area contributed by atoms with Crippen molar-refractivity contribution in [2.45, 2.75) is 13.8 Å². The molecule has 114 valence electrons. The summed E-state index contributed by atoms with van der Waals surface area (Å²) in [6.45, 7) is 4.22. The monoisotopic (exact) mass is 360 g/mol. The molecule has 2 aromatic carbocycles. The number of anilines is 2. The molecule has 0 aliphatic heterocycles. The second-order valence-corrected chi connectivity index (χ2v) is 5.77. The van der Waals surface area contributed by atoms with Crippen molar-refractivity contribution in [2.75, 3.05) is 16.8 Å². The van der Waals surface area contributed by atoms with Crippen LogP contribution in [0.2, 0.25) is 0 Å². The summed E-state index contributed by atoms with van der Waals surface area (Å²) < 4.78 is 0.909. The standard InChI is InChI=1S/C17H17BrN2O2/c1-3-20(15-6-4-5-12(2)11-15)17(22)16(21)19-14-9-7-13(18)8-10-14/h4-11H,3H2,1-2H3,(H,19,21). The van der Waals surface area contributed by atoms with Crippen molar-refractivity contribution in [3.8, 4) is 0 Å². The van der Waals surface area contributed by atoms with E-state index in [1.807, 2.05) is 38.1 Å². The zero-order valence-corrected chi connectivity index (χ0v) is 14.1. The summed E-state index contributed by atoms with van der Waals surface area (Å²) >= 11 is 3.32. The number of carbonyl (C=O) groups excluding carboxylic acids is 2. The Morgan fingerprint density at radius 3 is 2.41 bits per heavy atom. The minimum atomic E-state index is -0.648. The molecule has 0 spiro atoms. The zero-order chi connectivity index (χ0) is 16.1. The Morgan fingerprint density at radius 1 is 1.14 bits per heavy atom. The molecule has 0 saturated heterocycles. The Kier molecular flexibility index (Phi) is 5.33. The molecule has 2 aromatic rings. The van der Waals surface area contributed by atoms with Crippen molar-refractivity contribution in [1.29, 1.82) is 0 Å². The maximum atomic E-state index is 12.4. The first-order valence-electron chi connectivity index (χ1n) is 6.96. The van der Waals surface area contributed by atoms with Gasteiger partial charge in [-0.15, -0.1) is 0 Å². The number of rotatable bonds is 3. The Bertz CT molecular complexity index is 683. The lowest BCUT2D eigenvalue weighted by atomic mass is 10.2. The number of benzene rings is 2. The van der Waals surface area contributed by atoms with Gasteiger partial charge in [0.05, 0.1) is 0 Å². The lowest BCUT2D eigenvalue weighted by molar-refractivity contribution is -0.134. The molecule has 22 heavy (non-hydrogen) atoms. The summed E-state index contributed by atoms with van der Waals surface area (Å²) in [5, 5.41) is 2.62. The number of aryl methyl sites for hydroxylation is 1. The molecule has 0 atom stereocenters. The molecular weight excluding hydrogens is 344 g/mol. The van der Waals surface area contributed by atoms with E-state index in [1.165, 1.54) is 4.90 Å². The summed E-state index contributed by atoms with van der Waals surface area (Å²) in [5.41, 5.74) is 2.34. The van der Waals surface area contributed by atoms with Crippen LogP contribution in [-0.2, 0) is 9.59 Å². The predicted octanol–water partition coefficient (Wildman–Crippen LogP) is 3.75. The highest BCUT2D eigenvalue weighted by atomic mass is 79.9. The summed E-state index contributed by atoms with van der Waals surface area (Å²) in [6, 6.07) is 14.6. The van der Waals surface area contributed by atoms with Gasteiger partial charge in [-0.2, -0.15) is 0 Å². The number of likely N-dealkylation sites (N-methyl/N-ethyl adjacent to an activating group) is 1. The fourth-order valence-corrected chi connectivity index (χ4v) is 2.34. The summed E-state index contributed by atoms with van der Waals surface area (Å²) in [6.07, 6.45) is 0. The molecule has 0 unspecified atom stereocenters. The normalized spacial score (nSPS) is 10.1. The highest BCUT2D eigenvalue weighted by Crippen LogP contribution is 2.17. The van der Waals surface area contributed by atoms with E-state index in [0.29, 0.717) is 12.2 Å². The van der Waals surface area contributed by atoms with E-state index in [0.717, 1.165) is 15.7 Å². The number of nitrogens with one attached hydrogen (secondary N) is 1. The molecule has 0 aliphatic carbocycles. The Labute approximate surface area is 138 Å². The van der Waals surface area contributed by atoms with Crippen LogP contribution in [0.25, 0.3) is 0 Å². The molecule has 1 N–H and O–H groups in total. The molecule has 4 nitrogen and oxygen atoms in total. The van der Waals surface area contributed by atoms with Gasteiger partial charge in [0.2, 0.25) is 0 Å². The van der Waals surface area contributed by atoms with Crippen molar-refractivity contribution in [3.63, 3.8) is 0 Å². The maximum absolute atomic E-state index is 12.4. The number of carbonyl (C=O) groups is 2. The minimum absolute atomic E-state index is 0.427. The lowest BCUT2D eigenvalue weighted by Gasteiger charge is -2.20. The van der Waals surface area contributed by atoms with Crippen LogP contribution in [0.4, 0.5) is 11.4 Å². The van der Waals surface area contributed by atoms with Crippen LogP contribution in [0.1, 0.15) is 12.5 Å². The first kappa shape index (κ1) is 16.2. The number of amides is 2. The van der Waals surface area contributed by atoms with E-state index in [1.54, 1.807) is 24.3 Å². The van der Waals surface area contributed by atoms with Gasteiger partial charge in [0.1, 0.15) is 0 Å². The molecule has 2 amide bonds. The van der Waals surface area contributed by atoms with Crippen LogP contribution >= 0.6 is 15.9 Å². The lowest BCUT2D eigenvalue weighted by Crippen LogP contribution is -2.39. The molecule has 0 heterocycles. The largest absolute Gasteiger partial charge is 0.318 e. The van der Waals surface area contributed by atoms with Crippen LogP contribution in [0, 0.1) is 6.92 Å². The van der Waals surface area contributed by atoms with Gasteiger partial charge in [-0.05, 0) is 55.8 Å². The van der Waals surface area contributed by atoms with Gasteiger partial charge in [-0.3, -0.25) is 9.59 Å². The second kappa shape index (κ2) is 7.22. The van der Waals surface area contributed by atoms with Gasteiger partial charge < -0.3 is 10.2 Å². The summed E-state index contributed by atoms with van der Waals surface area (Å²) in [7, 11) is 0. The first-order valence-corrected chi connectivity index (χ1v) is 7.75. The molecule has 2 rings (SSSR count). The maximum Gasteiger partial charge on any atom is 0.316 e. The molecule has 0 aromatic heterocycles. The third-order valence-corrected chi connectivity index (χ3v) is 3.70. The van der Waals surface area contributed by atoms with Crippen LogP contribution in [0.5, 0.6) is 0 Å². The Balaban J connectivity index is 2.14. The number of nitrogens with zero attached hydrogens (tertiary/aromatic N) is 1. The average molecular weight is 361 g/mol. The van der Waals surface area contributed by atoms with Crippen LogP contribution in [0.3, 0.4) is 0 Å². The molecule has 0 bridgehead atoms. The molecule has 0 fully saturated rings. The SMILES string of the molecule is CCN(C(=O)C(=O)Nc1ccc(Br)cc1)c1cccc(C)c1. The Morgan fingerprint density at radius 2 is 1.82 bits per heavy atom. The van der Waals surface area contributed by atoms with Gasteiger partial charge in [-0.1, -0.05) is 28.1 Å². The van der Waals surface area contributed by atoms with Gasteiger partial charge in [-0.25, -0.2) is 0 Å². The van der Waals surface area contributed by atoms with Crippen molar-refractivity contribution in [3.05, 3.63) is 58.6 Å². The molecule has 0 saturated carbocycles. The van der Waals surface area contributed by atoms with Crippen LogP contribution in [-0.4, -0.2) is 18.4 Å². The summed E-state index contributed by atoms with van der Waals surface area (Å²) in [4.78, 5) is 26.0. The van der Waals surface area contributed by atoms with Crippen LogP contribution < -0.4 is 10.2 Å². The van der Waals surface area contributed by atoms with Gasteiger partial charge >= 0.3 is 11.8 Å². The van der Waals surface area contributed by atoms with E-state index < -0.39 is 11.8 Å². The zero-order valence-electron chi connectivity index (χ0n) is 12.5. The fourth-order valence-electron chi connectivity index (χ4n) is 2.08. The highest BCUT2D eigenvalue weighted by Gasteiger charge is 2.22. The fraction of sp³-hybridized carbons (Fsp3) is 0.176. The summed E-state index contributed by atoms with van der Waals surface area (Å²) in [5.74, 6) is -1.22. The topological polar surface area (TPSA) is 49.4 Å². The highest BCUT2D eigenvalue weighted by molar-refractivity contribution is 9.10. The quantitative estimate of drug-likeness (QED) is 0.847. The third-order valence-electron chi connectivity index (χ3n) is 3.17. The Hall–Kier alpha value is -2.14. The molecule has 0 aliphatic rings. The van der Waals surface area contributed by atoms with E-state index in [2.05, 4.69) is 21.2 Å². The first-order chi connectivity index (χ1) is 10.5.